The molecule has 3 aromatic rings. The van der Waals surface area contributed by atoms with Gasteiger partial charge in [-0.05, 0) is 43.7 Å². The highest BCUT2D eigenvalue weighted by molar-refractivity contribution is 7.89. The van der Waals surface area contributed by atoms with Crippen LogP contribution in [0.4, 0.5) is 0 Å². The van der Waals surface area contributed by atoms with Gasteiger partial charge in [-0.1, -0.05) is 65.7 Å². The van der Waals surface area contributed by atoms with Crippen LogP contribution in [0.2, 0.25) is 0 Å². The maximum atomic E-state index is 13.7. The number of nitrogens with zero attached hydrogens (tertiary/aromatic N) is 4. The highest BCUT2D eigenvalue weighted by atomic mass is 32.2. The number of hydrogen-bond acceptors (Lipinski definition) is 7. The Morgan fingerprint density at radius 3 is 1.58 bits per heavy atom. The van der Waals surface area contributed by atoms with E-state index in [9.17, 15) is 16.8 Å². The van der Waals surface area contributed by atoms with Crippen molar-refractivity contribution in [3.8, 4) is 0 Å². The highest BCUT2D eigenvalue weighted by Crippen LogP contribution is 2.38. The van der Waals surface area contributed by atoms with Crippen LogP contribution in [0.1, 0.15) is 16.7 Å². The van der Waals surface area contributed by atoms with E-state index in [4.69, 9.17) is 5.84 Å². The molecule has 0 radical (unpaired) electrons. The first kappa shape index (κ1) is 26.5. The van der Waals surface area contributed by atoms with Crippen LogP contribution in [0, 0.1) is 19.3 Å². The van der Waals surface area contributed by atoms with Crippen LogP contribution >= 0.6 is 0 Å². The van der Waals surface area contributed by atoms with Crippen molar-refractivity contribution in [3.05, 3.63) is 95.6 Å². The Balaban J connectivity index is 1.58. The zero-order valence-electron chi connectivity index (χ0n) is 21.4. The molecule has 0 spiro atoms. The Bertz CT molecular complexity index is 1470. The maximum absolute atomic E-state index is 13.7. The molecule has 0 aliphatic carbocycles. The van der Waals surface area contributed by atoms with Crippen molar-refractivity contribution in [3.63, 3.8) is 0 Å². The van der Waals surface area contributed by atoms with Crippen molar-refractivity contribution in [1.29, 1.82) is 0 Å². The minimum absolute atomic E-state index is 0.0323. The summed E-state index contributed by atoms with van der Waals surface area (Å²) in [6.07, 6.45) is 0. The molecule has 0 amide bonds. The smallest absolute Gasteiger partial charge is 0.244 e. The Labute approximate surface area is 224 Å². The summed E-state index contributed by atoms with van der Waals surface area (Å²) in [5.74, 6) is 5.96. The molecule has 200 valence electrons. The number of rotatable bonds is 6. The van der Waals surface area contributed by atoms with E-state index in [1.165, 1.54) is 8.61 Å². The molecule has 2 saturated heterocycles. The van der Waals surface area contributed by atoms with Crippen LogP contribution in [-0.2, 0) is 20.0 Å². The predicted octanol–water partition coefficient (Wildman–Crippen LogP) is 2.58. The van der Waals surface area contributed by atoms with Gasteiger partial charge >= 0.3 is 0 Å². The largest absolute Gasteiger partial charge is 0.323 e. The SMILES string of the molecule is Cc1ccc(S(=O)(=O)N2CN3CN(S(=O)(=O)c4ccc(C)cc4)CC(/C(=N\N)c4ccccc4)(C3)C2)cc1. The number of sulfonamides is 2. The second kappa shape index (κ2) is 9.90. The normalized spacial score (nSPS) is 23.3. The second-order valence-electron chi connectivity index (χ2n) is 10.1. The molecule has 2 aliphatic heterocycles. The summed E-state index contributed by atoms with van der Waals surface area (Å²) in [7, 11) is -7.73. The predicted molar refractivity (Wildman–Crippen MR) is 146 cm³/mol. The lowest BCUT2D eigenvalue weighted by Gasteiger charge is -2.53. The standard InChI is InChI=1S/C27H31N5O4S2/c1-21-8-12-24(13-9-21)37(33,34)31-17-27(26(29-28)23-6-4-3-5-7-23)16-30(19-31)20-32(18-27)38(35,36)25-14-10-22(2)11-15-25/h3-15H,16-20,28H2,1-2H3/b29-26-. The van der Waals surface area contributed by atoms with Gasteiger partial charge in [0, 0.05) is 19.6 Å². The first-order valence-electron chi connectivity index (χ1n) is 12.2. The monoisotopic (exact) mass is 553 g/mol. The van der Waals surface area contributed by atoms with Crippen LogP contribution in [-0.4, -0.2) is 69.0 Å². The lowest BCUT2D eigenvalue weighted by molar-refractivity contribution is -0.00595. The first-order valence-corrected chi connectivity index (χ1v) is 15.1. The number of aryl methyl sites for hydroxylation is 2. The summed E-state index contributed by atoms with van der Waals surface area (Å²) in [6, 6.07) is 22.7. The van der Waals surface area contributed by atoms with Crippen LogP contribution in [0.5, 0.6) is 0 Å². The number of nitrogens with two attached hydrogens (primary N) is 1. The number of hydrogen-bond donors (Lipinski definition) is 1. The minimum atomic E-state index is -3.86. The van der Waals surface area contributed by atoms with Gasteiger partial charge in [-0.15, -0.1) is 0 Å². The van der Waals surface area contributed by atoms with E-state index >= 15 is 0 Å². The second-order valence-corrected chi connectivity index (χ2v) is 14.0. The molecule has 0 aromatic heterocycles. The summed E-state index contributed by atoms with van der Waals surface area (Å²) in [5.41, 5.74) is 2.11. The Hall–Kier alpha value is -3.09. The lowest BCUT2D eigenvalue weighted by Crippen LogP contribution is -2.69. The van der Waals surface area contributed by atoms with Gasteiger partial charge in [0.05, 0.1) is 34.3 Å². The number of benzene rings is 3. The summed E-state index contributed by atoms with van der Waals surface area (Å²) in [5, 5.41) is 4.14. The molecule has 0 atom stereocenters. The fourth-order valence-corrected chi connectivity index (χ4v) is 8.34. The van der Waals surface area contributed by atoms with Crippen molar-refractivity contribution >= 4 is 25.8 Å². The maximum Gasteiger partial charge on any atom is 0.244 e. The van der Waals surface area contributed by atoms with E-state index < -0.39 is 25.5 Å². The Morgan fingerprint density at radius 2 is 1.16 bits per heavy atom. The third-order valence-electron chi connectivity index (χ3n) is 7.20. The van der Waals surface area contributed by atoms with E-state index in [2.05, 4.69) is 5.10 Å². The van der Waals surface area contributed by atoms with E-state index in [-0.39, 0.29) is 36.2 Å². The van der Waals surface area contributed by atoms with Crippen LogP contribution < -0.4 is 5.84 Å². The topological polar surface area (TPSA) is 116 Å². The van der Waals surface area contributed by atoms with Gasteiger partial charge in [0.15, 0.2) is 0 Å². The van der Waals surface area contributed by atoms with E-state index in [0.717, 1.165) is 16.7 Å². The average molecular weight is 554 g/mol. The molecule has 2 N–H and O–H groups in total. The quantitative estimate of drug-likeness (QED) is 0.285. The van der Waals surface area contributed by atoms with Crippen LogP contribution in [0.15, 0.2) is 93.8 Å². The summed E-state index contributed by atoms with van der Waals surface area (Å²) >= 11 is 0. The molecule has 11 heteroatoms. The third kappa shape index (κ3) is 4.76. The molecule has 2 fully saturated rings. The Morgan fingerprint density at radius 1 is 0.711 bits per heavy atom. The summed E-state index contributed by atoms with van der Waals surface area (Å²) < 4.78 is 57.8. The van der Waals surface area contributed by atoms with E-state index in [1.807, 2.05) is 49.1 Å². The molecule has 3 aromatic carbocycles. The molecular formula is C27H31N5O4S2. The van der Waals surface area contributed by atoms with Crippen LogP contribution in [0.3, 0.4) is 0 Å². The molecule has 38 heavy (non-hydrogen) atoms. The van der Waals surface area contributed by atoms with Gasteiger partial charge < -0.3 is 5.84 Å². The van der Waals surface area contributed by atoms with E-state index in [0.29, 0.717) is 12.3 Å². The molecule has 5 rings (SSSR count). The van der Waals surface area contributed by atoms with E-state index in [1.54, 1.807) is 48.5 Å². The van der Waals surface area contributed by atoms with Gasteiger partial charge in [0.1, 0.15) is 0 Å². The average Bonchev–Trinajstić information content (AvgIpc) is 2.89. The third-order valence-corrected chi connectivity index (χ3v) is 10.8. The lowest BCUT2D eigenvalue weighted by atomic mass is 9.76. The molecular weight excluding hydrogens is 522 g/mol. The van der Waals surface area contributed by atoms with Gasteiger partial charge in [0.25, 0.3) is 0 Å². The van der Waals surface area contributed by atoms with Gasteiger partial charge in [-0.2, -0.15) is 13.7 Å². The molecule has 0 saturated carbocycles. The molecule has 0 unspecified atom stereocenters. The summed E-state index contributed by atoms with van der Waals surface area (Å²) in [4.78, 5) is 2.21. The van der Waals surface area contributed by atoms with Crippen molar-refractivity contribution in [2.45, 2.75) is 23.6 Å². The first-order chi connectivity index (χ1) is 18.0. The fraction of sp³-hybridized carbons (Fsp3) is 0.296. The van der Waals surface area contributed by atoms with Crippen molar-refractivity contribution in [1.82, 2.24) is 13.5 Å². The van der Waals surface area contributed by atoms with Crippen molar-refractivity contribution in [2.24, 2.45) is 16.4 Å². The number of fused-ring (bicyclic) bond motifs is 2. The van der Waals surface area contributed by atoms with Gasteiger partial charge in [-0.3, -0.25) is 4.90 Å². The molecule has 2 heterocycles. The van der Waals surface area contributed by atoms with Gasteiger partial charge in [-0.25, -0.2) is 16.8 Å². The van der Waals surface area contributed by atoms with Crippen molar-refractivity contribution < 1.29 is 16.8 Å². The molecule has 2 aliphatic rings. The molecule has 9 nitrogen and oxygen atoms in total. The Kier molecular flexibility index (Phi) is 6.91. The summed E-state index contributed by atoms with van der Waals surface area (Å²) in [6.45, 7) is 4.37. The fourth-order valence-electron chi connectivity index (χ4n) is 5.32. The zero-order chi connectivity index (χ0) is 27.1. The van der Waals surface area contributed by atoms with Gasteiger partial charge in [0.2, 0.25) is 20.0 Å². The van der Waals surface area contributed by atoms with Crippen LogP contribution in [0.25, 0.3) is 0 Å². The number of hydrazone groups is 1. The zero-order valence-corrected chi connectivity index (χ0v) is 23.0. The van der Waals surface area contributed by atoms with Crippen molar-refractivity contribution in [2.75, 3.05) is 33.0 Å². The minimum Gasteiger partial charge on any atom is -0.323 e. The molecule has 2 bridgehead atoms. The highest BCUT2D eigenvalue weighted by Gasteiger charge is 2.53.